The van der Waals surface area contributed by atoms with Crippen molar-refractivity contribution in [2.45, 2.75) is 38.0 Å². The number of fused-ring (bicyclic) bond motifs is 1. The van der Waals surface area contributed by atoms with E-state index in [0.717, 1.165) is 30.4 Å². The Morgan fingerprint density at radius 1 is 1.16 bits per heavy atom. The molecule has 1 atom stereocenters. The first-order chi connectivity index (χ1) is 15.4. The summed E-state index contributed by atoms with van der Waals surface area (Å²) in [6.07, 6.45) is 7.89. The summed E-state index contributed by atoms with van der Waals surface area (Å²) < 4.78 is 14.9. The van der Waals surface area contributed by atoms with Gasteiger partial charge in [0.05, 0.1) is 11.3 Å². The third kappa shape index (κ3) is 7.69. The minimum Gasteiger partial charge on any atom is -0.383 e. The number of aldehydes is 2. The summed E-state index contributed by atoms with van der Waals surface area (Å²) in [6.45, 7) is 5.75. The summed E-state index contributed by atoms with van der Waals surface area (Å²) in [5, 5.41) is 4.37. The second kappa shape index (κ2) is 14.3. The lowest BCUT2D eigenvalue weighted by Gasteiger charge is -2.23. The molecule has 1 saturated heterocycles. The SMILES string of the molecule is C=CC=O.CN.CN1CCCC1.Cn1nc(C2CCc3ccc(F)cc3C2)c(C=O)c1N. The van der Waals surface area contributed by atoms with E-state index in [9.17, 15) is 9.18 Å². The minimum atomic E-state index is -0.222. The van der Waals surface area contributed by atoms with E-state index in [2.05, 4.69) is 29.4 Å². The number of carbonyl (C=O) groups is 2. The third-order valence-corrected chi connectivity index (χ3v) is 5.49. The standard InChI is InChI=1S/C15H16FN3O.C5H11N.C3H4O.CH5N/c1-19-15(17)13(8-20)14(18-19)10-3-2-9-4-5-12(16)7-11(9)6-10;1-6-4-2-3-5-6;1-2-3-4;1-2/h4-5,7-8,10H,2-3,6,17H2,1H3;2-5H2,1H3;2-3H,1H2;2H2,1H3. The molecule has 4 N–H and O–H groups in total. The molecule has 2 aromatic rings. The molecule has 1 unspecified atom stereocenters. The molecule has 0 spiro atoms. The minimum absolute atomic E-state index is 0.119. The smallest absolute Gasteiger partial charge is 0.155 e. The van der Waals surface area contributed by atoms with Crippen LogP contribution in [-0.2, 0) is 24.7 Å². The number of hydrogen-bond acceptors (Lipinski definition) is 6. The van der Waals surface area contributed by atoms with Gasteiger partial charge in [-0.2, -0.15) is 5.10 Å². The number of nitrogen functional groups attached to an aromatic ring is 1. The van der Waals surface area contributed by atoms with Crippen LogP contribution in [0, 0.1) is 5.82 Å². The van der Waals surface area contributed by atoms with Crippen LogP contribution in [-0.4, -0.2) is 54.4 Å². The van der Waals surface area contributed by atoms with E-state index in [1.165, 1.54) is 55.4 Å². The molecular weight excluding hydrogens is 409 g/mol. The molecule has 1 aromatic heterocycles. The lowest BCUT2D eigenvalue weighted by Crippen LogP contribution is -2.15. The van der Waals surface area contributed by atoms with Crippen LogP contribution in [0.15, 0.2) is 30.9 Å². The molecule has 1 aliphatic heterocycles. The molecule has 2 heterocycles. The highest BCUT2D eigenvalue weighted by molar-refractivity contribution is 5.84. The maximum Gasteiger partial charge on any atom is 0.155 e. The predicted molar refractivity (Wildman–Crippen MR) is 127 cm³/mol. The molecule has 0 amide bonds. The van der Waals surface area contributed by atoms with Gasteiger partial charge in [-0.25, -0.2) is 4.39 Å². The average molecular weight is 446 g/mol. The van der Waals surface area contributed by atoms with Crippen molar-refractivity contribution in [2.24, 2.45) is 12.8 Å². The van der Waals surface area contributed by atoms with Crippen molar-refractivity contribution in [1.29, 1.82) is 0 Å². The highest BCUT2D eigenvalue weighted by Crippen LogP contribution is 2.34. The first-order valence-electron chi connectivity index (χ1n) is 10.8. The first-order valence-corrected chi connectivity index (χ1v) is 10.8. The normalized spacial score (nSPS) is 16.7. The zero-order valence-corrected chi connectivity index (χ0v) is 19.4. The number of allylic oxidation sites excluding steroid dienone is 1. The van der Waals surface area contributed by atoms with Crippen LogP contribution in [0.2, 0.25) is 0 Å². The molecule has 1 aromatic carbocycles. The molecule has 1 fully saturated rings. The number of rotatable bonds is 3. The number of halogens is 1. The van der Waals surface area contributed by atoms with E-state index in [1.54, 1.807) is 13.1 Å². The Kier molecular flexibility index (Phi) is 12.1. The van der Waals surface area contributed by atoms with Crippen molar-refractivity contribution in [2.75, 3.05) is 32.9 Å². The number of anilines is 1. The summed E-state index contributed by atoms with van der Waals surface area (Å²) in [4.78, 5) is 22.6. The fraction of sp³-hybridized carbons (Fsp3) is 0.458. The summed E-state index contributed by atoms with van der Waals surface area (Å²) in [6, 6.07) is 4.91. The zero-order valence-electron chi connectivity index (χ0n) is 19.4. The zero-order chi connectivity index (χ0) is 24.1. The van der Waals surface area contributed by atoms with E-state index in [1.807, 2.05) is 6.07 Å². The Morgan fingerprint density at radius 3 is 2.28 bits per heavy atom. The van der Waals surface area contributed by atoms with Crippen LogP contribution in [0.5, 0.6) is 0 Å². The van der Waals surface area contributed by atoms with Crippen LogP contribution < -0.4 is 11.5 Å². The van der Waals surface area contributed by atoms with Gasteiger partial charge in [0, 0.05) is 13.0 Å². The Morgan fingerprint density at radius 2 is 1.78 bits per heavy atom. The molecule has 7 nitrogen and oxygen atoms in total. The monoisotopic (exact) mass is 445 g/mol. The van der Waals surface area contributed by atoms with E-state index in [-0.39, 0.29) is 11.7 Å². The van der Waals surface area contributed by atoms with Crippen LogP contribution in [0.4, 0.5) is 10.2 Å². The van der Waals surface area contributed by atoms with Gasteiger partial charge < -0.3 is 16.4 Å². The number of carbonyl (C=O) groups excluding carboxylic acids is 2. The summed E-state index contributed by atoms with van der Waals surface area (Å²) >= 11 is 0. The molecule has 4 rings (SSSR count). The molecule has 8 heteroatoms. The van der Waals surface area contributed by atoms with E-state index in [4.69, 9.17) is 10.5 Å². The van der Waals surface area contributed by atoms with E-state index >= 15 is 0 Å². The van der Waals surface area contributed by atoms with Gasteiger partial charge in [-0.05, 0) is 88.6 Å². The van der Waals surface area contributed by atoms with Crippen LogP contribution in [0.3, 0.4) is 0 Å². The van der Waals surface area contributed by atoms with E-state index < -0.39 is 0 Å². The quantitative estimate of drug-likeness (QED) is 0.556. The van der Waals surface area contributed by atoms with Gasteiger partial charge in [0.2, 0.25) is 0 Å². The first kappa shape index (κ1) is 27.2. The number of nitrogens with zero attached hydrogens (tertiary/aromatic N) is 3. The van der Waals surface area contributed by atoms with Crippen LogP contribution in [0.25, 0.3) is 0 Å². The number of aryl methyl sites for hydroxylation is 2. The van der Waals surface area contributed by atoms with Gasteiger partial charge in [0.1, 0.15) is 17.9 Å². The highest BCUT2D eigenvalue weighted by atomic mass is 19.1. The van der Waals surface area contributed by atoms with Crippen molar-refractivity contribution in [1.82, 2.24) is 14.7 Å². The Labute approximate surface area is 190 Å². The Hall–Kier alpha value is -2.84. The lowest BCUT2D eigenvalue weighted by atomic mass is 9.81. The van der Waals surface area contributed by atoms with Gasteiger partial charge in [-0.15, -0.1) is 0 Å². The molecule has 0 bridgehead atoms. The van der Waals surface area contributed by atoms with Gasteiger partial charge in [-0.1, -0.05) is 12.6 Å². The molecule has 0 saturated carbocycles. The van der Waals surface area contributed by atoms with E-state index in [0.29, 0.717) is 24.1 Å². The van der Waals surface area contributed by atoms with Crippen molar-refractivity contribution in [3.63, 3.8) is 0 Å². The maximum atomic E-state index is 13.3. The van der Waals surface area contributed by atoms with Crippen molar-refractivity contribution >= 4 is 18.4 Å². The molecule has 32 heavy (non-hydrogen) atoms. The number of hydrogen-bond donors (Lipinski definition) is 2. The largest absolute Gasteiger partial charge is 0.383 e. The lowest BCUT2D eigenvalue weighted by molar-refractivity contribution is -0.104. The topological polar surface area (TPSA) is 107 Å². The maximum absolute atomic E-state index is 13.3. The number of nitrogens with two attached hydrogens (primary N) is 2. The molecule has 1 aliphatic carbocycles. The predicted octanol–water partition coefficient (Wildman–Crippen LogP) is 2.88. The number of benzene rings is 1. The Balaban J connectivity index is 0.000000353. The van der Waals surface area contributed by atoms with Crippen LogP contribution in [0.1, 0.15) is 52.4 Å². The molecular formula is C24H36FN5O2. The Bertz CT molecular complexity index is 870. The van der Waals surface area contributed by atoms with Crippen LogP contribution >= 0.6 is 0 Å². The fourth-order valence-corrected chi connectivity index (χ4v) is 3.83. The summed E-state index contributed by atoms with van der Waals surface area (Å²) in [7, 11) is 5.40. The highest BCUT2D eigenvalue weighted by Gasteiger charge is 2.26. The molecule has 176 valence electrons. The summed E-state index contributed by atoms with van der Waals surface area (Å²) in [5.41, 5.74) is 13.7. The summed E-state index contributed by atoms with van der Waals surface area (Å²) in [5.74, 6) is 0.286. The number of likely N-dealkylation sites (tertiary alicyclic amines) is 1. The van der Waals surface area contributed by atoms with Crippen molar-refractivity contribution in [3.05, 3.63) is 59.1 Å². The van der Waals surface area contributed by atoms with Gasteiger partial charge in [0.25, 0.3) is 0 Å². The molecule has 0 radical (unpaired) electrons. The van der Waals surface area contributed by atoms with Crippen molar-refractivity contribution < 1.29 is 14.0 Å². The average Bonchev–Trinajstić information content (AvgIpc) is 3.41. The van der Waals surface area contributed by atoms with Gasteiger partial charge in [0.15, 0.2) is 6.29 Å². The van der Waals surface area contributed by atoms with Gasteiger partial charge >= 0.3 is 0 Å². The second-order valence-corrected chi connectivity index (χ2v) is 7.66. The molecule has 2 aliphatic rings. The third-order valence-electron chi connectivity index (χ3n) is 5.49. The second-order valence-electron chi connectivity index (χ2n) is 7.66. The fourth-order valence-electron chi connectivity index (χ4n) is 3.83. The van der Waals surface area contributed by atoms with Crippen molar-refractivity contribution in [3.8, 4) is 0 Å². The van der Waals surface area contributed by atoms with Gasteiger partial charge in [-0.3, -0.25) is 14.3 Å². The number of aromatic nitrogens is 2.